The molecule has 0 aliphatic heterocycles. The Bertz CT molecular complexity index is 1720. The first-order chi connectivity index (χ1) is 17.2. The van der Waals surface area contributed by atoms with E-state index in [4.69, 9.17) is 14.3 Å². The van der Waals surface area contributed by atoms with Gasteiger partial charge in [-0.25, -0.2) is 9.67 Å². The maximum absolute atomic E-state index is 9.99. The minimum atomic E-state index is 0.392. The van der Waals surface area contributed by atoms with Gasteiger partial charge in [0.2, 0.25) is 0 Å². The van der Waals surface area contributed by atoms with Gasteiger partial charge in [0.15, 0.2) is 17.1 Å². The zero-order valence-corrected chi connectivity index (χ0v) is 18.8. The number of fused-ring (bicyclic) bond motifs is 2. The summed E-state index contributed by atoms with van der Waals surface area (Å²) in [5.41, 5.74) is 4.93. The van der Waals surface area contributed by atoms with E-state index in [9.17, 15) is 5.26 Å². The standard InChI is InChI=1S/C28H19N5O2/c1-34-24-13-7-8-18-15-25(35-27(18)24)26-20(17-33(32-26)21-9-3-2-4-10-21)14-19(16-29)28-30-22-11-5-6-12-23(22)31-28/h2-15,17H,1H3,(H,30,31). The Morgan fingerprint density at radius 3 is 2.69 bits per heavy atom. The Morgan fingerprint density at radius 1 is 1.06 bits per heavy atom. The van der Waals surface area contributed by atoms with Crippen molar-refractivity contribution in [1.82, 2.24) is 19.7 Å². The number of rotatable bonds is 5. The Balaban J connectivity index is 1.54. The zero-order valence-electron chi connectivity index (χ0n) is 18.8. The lowest BCUT2D eigenvalue weighted by molar-refractivity contribution is 0.411. The molecule has 0 aliphatic rings. The second-order valence-electron chi connectivity index (χ2n) is 7.97. The van der Waals surface area contributed by atoms with Crippen LogP contribution < -0.4 is 4.74 Å². The zero-order chi connectivity index (χ0) is 23.8. The number of ether oxygens (including phenoxy) is 1. The normalized spacial score (nSPS) is 11.7. The van der Waals surface area contributed by atoms with E-state index in [-0.39, 0.29) is 0 Å². The summed E-state index contributed by atoms with van der Waals surface area (Å²) in [6, 6.07) is 27.4. The van der Waals surface area contributed by atoms with Crippen molar-refractivity contribution in [3.63, 3.8) is 0 Å². The molecule has 3 aromatic carbocycles. The third-order valence-corrected chi connectivity index (χ3v) is 5.79. The summed E-state index contributed by atoms with van der Waals surface area (Å²) in [6.45, 7) is 0. The van der Waals surface area contributed by atoms with Gasteiger partial charge in [-0.15, -0.1) is 0 Å². The maximum Gasteiger partial charge on any atom is 0.176 e. The van der Waals surface area contributed by atoms with E-state index in [0.29, 0.717) is 34.2 Å². The van der Waals surface area contributed by atoms with Crippen LogP contribution in [0.2, 0.25) is 0 Å². The van der Waals surface area contributed by atoms with Gasteiger partial charge in [0, 0.05) is 17.1 Å². The number of nitriles is 1. The van der Waals surface area contributed by atoms with Gasteiger partial charge in [0.05, 0.1) is 29.4 Å². The fourth-order valence-electron chi connectivity index (χ4n) is 4.10. The molecule has 7 heteroatoms. The third-order valence-electron chi connectivity index (χ3n) is 5.79. The lowest BCUT2D eigenvalue weighted by atomic mass is 10.1. The van der Waals surface area contributed by atoms with E-state index in [1.165, 1.54) is 0 Å². The van der Waals surface area contributed by atoms with Crippen LogP contribution in [0, 0.1) is 11.3 Å². The first-order valence-corrected chi connectivity index (χ1v) is 11.0. The fraction of sp³-hybridized carbons (Fsp3) is 0.0357. The quantitative estimate of drug-likeness (QED) is 0.310. The van der Waals surface area contributed by atoms with Crippen molar-refractivity contribution in [1.29, 1.82) is 5.26 Å². The number of nitrogens with zero attached hydrogens (tertiary/aromatic N) is 4. The van der Waals surface area contributed by atoms with Crippen LogP contribution in [0.5, 0.6) is 5.75 Å². The van der Waals surface area contributed by atoms with Crippen LogP contribution >= 0.6 is 0 Å². The van der Waals surface area contributed by atoms with E-state index >= 15 is 0 Å². The van der Waals surface area contributed by atoms with E-state index < -0.39 is 0 Å². The lowest BCUT2D eigenvalue weighted by Gasteiger charge is -1.99. The predicted molar refractivity (Wildman–Crippen MR) is 135 cm³/mol. The summed E-state index contributed by atoms with van der Waals surface area (Å²) >= 11 is 0. The molecule has 35 heavy (non-hydrogen) atoms. The van der Waals surface area contributed by atoms with Gasteiger partial charge < -0.3 is 14.1 Å². The number of benzene rings is 3. The Kier molecular flexibility index (Phi) is 4.90. The molecule has 0 fully saturated rings. The summed E-state index contributed by atoms with van der Waals surface area (Å²) < 4.78 is 13.4. The minimum Gasteiger partial charge on any atom is -0.493 e. The van der Waals surface area contributed by atoms with Crippen LogP contribution in [0.4, 0.5) is 0 Å². The van der Waals surface area contributed by atoms with Crippen molar-refractivity contribution in [2.75, 3.05) is 7.11 Å². The number of allylic oxidation sites excluding steroid dienone is 1. The number of aromatic amines is 1. The van der Waals surface area contributed by atoms with Crippen LogP contribution in [0.15, 0.2) is 89.5 Å². The largest absolute Gasteiger partial charge is 0.493 e. The average molecular weight is 457 g/mol. The highest BCUT2D eigenvalue weighted by atomic mass is 16.5. The van der Waals surface area contributed by atoms with Gasteiger partial charge >= 0.3 is 0 Å². The average Bonchev–Trinajstić information content (AvgIpc) is 3.63. The molecule has 0 atom stereocenters. The molecule has 1 N–H and O–H groups in total. The van der Waals surface area contributed by atoms with Gasteiger partial charge in [-0.2, -0.15) is 10.4 Å². The number of hydrogen-bond donors (Lipinski definition) is 1. The monoisotopic (exact) mass is 457 g/mol. The van der Waals surface area contributed by atoms with Crippen molar-refractivity contribution in [3.05, 3.63) is 96.4 Å². The highest BCUT2D eigenvalue weighted by Crippen LogP contribution is 2.35. The minimum absolute atomic E-state index is 0.392. The summed E-state index contributed by atoms with van der Waals surface area (Å²) in [5.74, 6) is 1.72. The molecule has 3 heterocycles. The summed E-state index contributed by atoms with van der Waals surface area (Å²) in [4.78, 5) is 7.82. The molecule has 0 saturated carbocycles. The number of methoxy groups -OCH3 is 1. The van der Waals surface area contributed by atoms with Crippen LogP contribution in [0.25, 0.3) is 50.8 Å². The molecule has 0 saturated heterocycles. The third kappa shape index (κ3) is 3.63. The molecule has 6 rings (SSSR count). The Labute approximate surface area is 200 Å². The van der Waals surface area contributed by atoms with Crippen LogP contribution in [-0.4, -0.2) is 26.9 Å². The van der Waals surface area contributed by atoms with Crippen LogP contribution in [0.1, 0.15) is 11.4 Å². The number of H-pyrrole nitrogens is 1. The summed E-state index contributed by atoms with van der Waals surface area (Å²) in [6.07, 6.45) is 3.67. The number of aromatic nitrogens is 4. The number of furan rings is 1. The van der Waals surface area contributed by atoms with Crippen LogP contribution in [-0.2, 0) is 0 Å². The fourth-order valence-corrected chi connectivity index (χ4v) is 4.10. The van der Waals surface area contributed by atoms with Gasteiger partial charge in [-0.1, -0.05) is 42.5 Å². The van der Waals surface area contributed by atoms with Gasteiger partial charge in [-0.05, 0) is 42.5 Å². The van der Waals surface area contributed by atoms with E-state index in [2.05, 4.69) is 16.0 Å². The van der Waals surface area contributed by atoms with Crippen molar-refractivity contribution < 1.29 is 9.15 Å². The first-order valence-electron chi connectivity index (χ1n) is 11.0. The molecule has 3 aromatic heterocycles. The lowest BCUT2D eigenvalue weighted by Crippen LogP contribution is -1.93. The summed E-state index contributed by atoms with van der Waals surface area (Å²) in [5, 5.41) is 15.7. The SMILES string of the molecule is COc1cccc2cc(-c3nn(-c4ccccc4)cc3C=C(C#N)c3nc4ccccc4[nH]3)oc12. The van der Waals surface area contributed by atoms with E-state index in [1.807, 2.05) is 85.1 Å². The molecule has 0 amide bonds. The maximum atomic E-state index is 9.99. The Hall–Kier alpha value is -5.09. The van der Waals surface area contributed by atoms with Crippen molar-refractivity contribution in [3.8, 4) is 29.0 Å². The second-order valence-corrected chi connectivity index (χ2v) is 7.97. The van der Waals surface area contributed by atoms with E-state index in [1.54, 1.807) is 17.9 Å². The molecule has 7 nitrogen and oxygen atoms in total. The molecule has 168 valence electrons. The number of para-hydroxylation sites is 4. The van der Waals surface area contributed by atoms with E-state index in [0.717, 1.165) is 27.7 Å². The molecular formula is C28H19N5O2. The van der Waals surface area contributed by atoms with Gasteiger partial charge in [0.25, 0.3) is 0 Å². The number of nitrogens with one attached hydrogen (secondary N) is 1. The van der Waals surface area contributed by atoms with Crippen molar-refractivity contribution >= 4 is 33.7 Å². The highest BCUT2D eigenvalue weighted by molar-refractivity contribution is 5.93. The molecule has 0 spiro atoms. The van der Waals surface area contributed by atoms with Crippen molar-refractivity contribution in [2.24, 2.45) is 0 Å². The Morgan fingerprint density at radius 2 is 1.89 bits per heavy atom. The smallest absolute Gasteiger partial charge is 0.176 e. The molecule has 0 aliphatic carbocycles. The predicted octanol–water partition coefficient (Wildman–Crippen LogP) is 6.23. The second kappa shape index (κ2) is 8.36. The molecule has 0 radical (unpaired) electrons. The molecular weight excluding hydrogens is 438 g/mol. The highest BCUT2D eigenvalue weighted by Gasteiger charge is 2.18. The van der Waals surface area contributed by atoms with Crippen LogP contribution in [0.3, 0.4) is 0 Å². The molecule has 0 bridgehead atoms. The van der Waals surface area contributed by atoms with Crippen molar-refractivity contribution in [2.45, 2.75) is 0 Å². The first kappa shape index (κ1) is 20.5. The topological polar surface area (TPSA) is 92.7 Å². The van der Waals surface area contributed by atoms with Gasteiger partial charge in [0.1, 0.15) is 17.6 Å². The van der Waals surface area contributed by atoms with Gasteiger partial charge in [-0.3, -0.25) is 0 Å². The molecule has 6 aromatic rings. The number of imidazole rings is 1. The number of hydrogen-bond acceptors (Lipinski definition) is 5. The summed E-state index contributed by atoms with van der Waals surface area (Å²) in [7, 11) is 1.61. The molecule has 0 unspecified atom stereocenters.